The van der Waals surface area contributed by atoms with Gasteiger partial charge in [-0.3, -0.25) is 10.1 Å². The molecule has 0 radical (unpaired) electrons. The number of non-ortho nitro benzene ring substituents is 1. The second kappa shape index (κ2) is 6.90. The molecule has 3 aromatic rings. The van der Waals surface area contributed by atoms with Crippen molar-refractivity contribution in [2.45, 2.75) is 0 Å². The molecule has 1 heterocycles. The zero-order chi connectivity index (χ0) is 18.0. The predicted octanol–water partition coefficient (Wildman–Crippen LogP) is 4.79. The van der Waals surface area contributed by atoms with Crippen molar-refractivity contribution in [3.63, 3.8) is 0 Å². The molecule has 0 aliphatic carbocycles. The number of halogens is 1. The Labute approximate surface area is 151 Å². The highest BCUT2D eigenvalue weighted by molar-refractivity contribution is 9.10. The Hall–Kier alpha value is -2.93. The number of benzene rings is 2. The predicted molar refractivity (Wildman–Crippen MR) is 99.7 cm³/mol. The van der Waals surface area contributed by atoms with Crippen LogP contribution < -0.4 is 4.74 Å². The van der Waals surface area contributed by atoms with Gasteiger partial charge in [0.1, 0.15) is 0 Å². The van der Waals surface area contributed by atoms with Crippen LogP contribution in [0, 0.1) is 10.1 Å². The summed E-state index contributed by atoms with van der Waals surface area (Å²) in [5, 5.41) is 21.4. The molecule has 0 aliphatic heterocycles. The number of nitro groups is 1. The van der Waals surface area contributed by atoms with Gasteiger partial charge in [-0.2, -0.15) is 0 Å². The van der Waals surface area contributed by atoms with E-state index in [9.17, 15) is 15.2 Å². The number of nitrogens with zero attached hydrogens (tertiary/aromatic N) is 2. The Bertz CT molecular complexity index is 1000. The first-order valence-corrected chi connectivity index (χ1v) is 8.07. The Morgan fingerprint density at radius 3 is 2.76 bits per heavy atom. The maximum absolute atomic E-state index is 11.1. The fourth-order valence-electron chi connectivity index (χ4n) is 2.43. The van der Waals surface area contributed by atoms with Crippen LogP contribution in [0.15, 0.2) is 46.9 Å². The quantitative estimate of drug-likeness (QED) is 0.502. The third kappa shape index (κ3) is 3.46. The number of aromatic hydroxyl groups is 1. The lowest BCUT2D eigenvalue weighted by Crippen LogP contribution is -1.91. The molecule has 2 aromatic carbocycles. The van der Waals surface area contributed by atoms with E-state index in [1.807, 2.05) is 0 Å². The largest absolute Gasteiger partial charge is 0.504 e. The van der Waals surface area contributed by atoms with Gasteiger partial charge < -0.3 is 9.84 Å². The van der Waals surface area contributed by atoms with Crippen molar-refractivity contribution in [1.82, 2.24) is 4.98 Å². The van der Waals surface area contributed by atoms with Crippen LogP contribution in [-0.4, -0.2) is 22.1 Å². The number of hydrogen-bond acceptors (Lipinski definition) is 5. The number of pyridine rings is 1. The molecule has 25 heavy (non-hydrogen) atoms. The molecule has 1 N–H and O–H groups in total. The molecule has 0 saturated heterocycles. The molecule has 0 fully saturated rings. The molecular weight excluding hydrogens is 388 g/mol. The van der Waals surface area contributed by atoms with Gasteiger partial charge in [-0.25, -0.2) is 4.98 Å². The SMILES string of the molecule is COc1cc(Br)c(C=Cc2ccc3c([N+](=O)[O-])cccc3n2)cc1O. The normalized spacial score (nSPS) is 11.1. The van der Waals surface area contributed by atoms with Crippen LogP contribution in [0.5, 0.6) is 11.5 Å². The lowest BCUT2D eigenvalue weighted by atomic mass is 10.1. The Balaban J connectivity index is 1.97. The van der Waals surface area contributed by atoms with Gasteiger partial charge in [0.15, 0.2) is 11.5 Å². The fourth-order valence-corrected chi connectivity index (χ4v) is 2.89. The monoisotopic (exact) mass is 400 g/mol. The first-order chi connectivity index (χ1) is 12.0. The third-order valence-electron chi connectivity index (χ3n) is 3.66. The highest BCUT2D eigenvalue weighted by Gasteiger charge is 2.11. The van der Waals surface area contributed by atoms with Crippen LogP contribution >= 0.6 is 15.9 Å². The Morgan fingerprint density at radius 1 is 1.24 bits per heavy atom. The minimum absolute atomic E-state index is 0.0309. The van der Waals surface area contributed by atoms with Crippen molar-refractivity contribution in [2.24, 2.45) is 0 Å². The maximum Gasteiger partial charge on any atom is 0.278 e. The summed E-state index contributed by atoms with van der Waals surface area (Å²) in [5.74, 6) is 0.410. The molecule has 0 amide bonds. The summed E-state index contributed by atoms with van der Waals surface area (Å²) in [6.45, 7) is 0. The van der Waals surface area contributed by atoms with Gasteiger partial charge in [0.2, 0.25) is 0 Å². The van der Waals surface area contributed by atoms with E-state index in [0.717, 1.165) is 10.0 Å². The van der Waals surface area contributed by atoms with Crippen molar-refractivity contribution >= 4 is 44.7 Å². The second-order valence-corrected chi connectivity index (χ2v) is 6.07. The molecule has 0 saturated carbocycles. The van der Waals surface area contributed by atoms with Crippen LogP contribution in [0.4, 0.5) is 5.69 Å². The number of phenolic OH excluding ortho intramolecular Hbond substituents is 1. The average Bonchev–Trinajstić information content (AvgIpc) is 2.61. The van der Waals surface area contributed by atoms with E-state index in [4.69, 9.17) is 4.74 Å². The summed E-state index contributed by atoms with van der Waals surface area (Å²) in [6.07, 6.45) is 3.55. The number of hydrogen-bond donors (Lipinski definition) is 1. The number of methoxy groups -OCH3 is 1. The molecule has 6 nitrogen and oxygen atoms in total. The van der Waals surface area contributed by atoms with E-state index in [1.165, 1.54) is 13.2 Å². The molecular formula is C18H13BrN2O4. The second-order valence-electron chi connectivity index (χ2n) is 5.22. The van der Waals surface area contributed by atoms with Crippen molar-refractivity contribution in [3.8, 4) is 11.5 Å². The number of nitro benzene ring substituents is 1. The van der Waals surface area contributed by atoms with E-state index < -0.39 is 4.92 Å². The van der Waals surface area contributed by atoms with Gasteiger partial charge in [-0.05, 0) is 42.0 Å². The standard InChI is InChI=1S/C18H13BrN2O4/c1-25-18-10-14(19)11(9-17(18)22)5-6-12-7-8-13-15(20-12)3-2-4-16(13)21(23)24/h2-10,22H,1H3. The average molecular weight is 401 g/mol. The number of aromatic nitrogens is 1. The first-order valence-electron chi connectivity index (χ1n) is 7.28. The van der Waals surface area contributed by atoms with Crippen LogP contribution in [0.3, 0.4) is 0 Å². The Kier molecular flexibility index (Phi) is 4.67. The minimum Gasteiger partial charge on any atom is -0.504 e. The summed E-state index contributed by atoms with van der Waals surface area (Å²) in [7, 11) is 1.48. The van der Waals surface area contributed by atoms with Crippen molar-refractivity contribution < 1.29 is 14.8 Å². The minimum atomic E-state index is -0.420. The van der Waals surface area contributed by atoms with Gasteiger partial charge >= 0.3 is 0 Å². The van der Waals surface area contributed by atoms with E-state index in [1.54, 1.807) is 48.6 Å². The first kappa shape index (κ1) is 16.9. The topological polar surface area (TPSA) is 85.5 Å². The zero-order valence-corrected chi connectivity index (χ0v) is 14.7. The Morgan fingerprint density at radius 2 is 2.04 bits per heavy atom. The molecule has 0 bridgehead atoms. The fraction of sp³-hybridized carbons (Fsp3) is 0.0556. The molecule has 1 aromatic heterocycles. The maximum atomic E-state index is 11.1. The molecule has 0 aliphatic rings. The molecule has 0 unspecified atom stereocenters. The van der Waals surface area contributed by atoms with Gasteiger partial charge in [0, 0.05) is 10.5 Å². The molecule has 7 heteroatoms. The smallest absolute Gasteiger partial charge is 0.278 e. The number of phenols is 1. The zero-order valence-electron chi connectivity index (χ0n) is 13.1. The third-order valence-corrected chi connectivity index (χ3v) is 4.35. The summed E-state index contributed by atoms with van der Waals surface area (Å²) < 4.78 is 5.81. The lowest BCUT2D eigenvalue weighted by molar-refractivity contribution is -0.383. The van der Waals surface area contributed by atoms with E-state index >= 15 is 0 Å². The number of fused-ring (bicyclic) bond motifs is 1. The summed E-state index contributed by atoms with van der Waals surface area (Å²) in [5.41, 5.74) is 1.98. The van der Waals surface area contributed by atoms with Crippen LogP contribution in [0.1, 0.15) is 11.3 Å². The molecule has 0 spiro atoms. The van der Waals surface area contributed by atoms with Crippen LogP contribution in [-0.2, 0) is 0 Å². The van der Waals surface area contributed by atoms with Crippen molar-refractivity contribution in [1.29, 1.82) is 0 Å². The summed E-state index contributed by atoms with van der Waals surface area (Å²) in [4.78, 5) is 15.1. The van der Waals surface area contributed by atoms with Crippen molar-refractivity contribution in [3.05, 3.63) is 68.3 Å². The molecule has 3 rings (SSSR count). The summed E-state index contributed by atoms with van der Waals surface area (Å²) >= 11 is 3.42. The highest BCUT2D eigenvalue weighted by atomic mass is 79.9. The molecule has 126 valence electrons. The summed E-state index contributed by atoms with van der Waals surface area (Å²) in [6, 6.07) is 11.4. The van der Waals surface area contributed by atoms with E-state index in [-0.39, 0.29) is 11.4 Å². The lowest BCUT2D eigenvalue weighted by Gasteiger charge is -2.06. The highest BCUT2D eigenvalue weighted by Crippen LogP contribution is 2.33. The molecule has 0 atom stereocenters. The van der Waals surface area contributed by atoms with Gasteiger partial charge in [0.05, 0.1) is 28.6 Å². The number of ether oxygens (including phenoxy) is 1. The number of rotatable bonds is 4. The van der Waals surface area contributed by atoms with E-state index in [0.29, 0.717) is 22.3 Å². The van der Waals surface area contributed by atoms with Gasteiger partial charge in [-0.1, -0.05) is 28.1 Å². The van der Waals surface area contributed by atoms with Crippen LogP contribution in [0.25, 0.3) is 23.1 Å². The van der Waals surface area contributed by atoms with Gasteiger partial charge in [0.25, 0.3) is 5.69 Å². The van der Waals surface area contributed by atoms with Crippen LogP contribution in [0.2, 0.25) is 0 Å². The van der Waals surface area contributed by atoms with Crippen molar-refractivity contribution in [2.75, 3.05) is 7.11 Å². The van der Waals surface area contributed by atoms with Gasteiger partial charge in [-0.15, -0.1) is 0 Å². The van der Waals surface area contributed by atoms with E-state index in [2.05, 4.69) is 20.9 Å².